The fourth-order valence-corrected chi connectivity index (χ4v) is 3.74. The number of halogens is 1. The predicted molar refractivity (Wildman–Crippen MR) is 116 cm³/mol. The molecule has 1 amide bonds. The number of rotatable bonds is 6. The highest BCUT2D eigenvalue weighted by atomic mass is 19.1. The Hall–Kier alpha value is -3.13. The molecule has 1 fully saturated rings. The van der Waals surface area contributed by atoms with Crippen molar-refractivity contribution in [2.75, 3.05) is 5.32 Å². The summed E-state index contributed by atoms with van der Waals surface area (Å²) in [4.78, 5) is 33.7. The maximum absolute atomic E-state index is 13.1. The molecule has 2 N–H and O–H groups in total. The second-order valence-electron chi connectivity index (χ2n) is 8.13. The standard InChI is InChI=1S/C23H25FN4O3/c1-4-5-20(29)18-6-12(2)16(11-25-18)14-7-13-10-26-21(9-19(13)28(3)23(14)31)27-22(30)15-8-17(15)24/h6-7,9-11,15,17,20,29H,4-5,8H2,1-3H3,(H,26,27,30)/t15-,17+,20+/m1/s1. The van der Waals surface area contributed by atoms with E-state index in [1.54, 1.807) is 31.6 Å². The van der Waals surface area contributed by atoms with Crippen LogP contribution in [0.3, 0.4) is 0 Å². The number of fused-ring (bicyclic) bond motifs is 1. The van der Waals surface area contributed by atoms with Crippen LogP contribution in [0, 0.1) is 12.8 Å². The fraction of sp³-hybridized carbons (Fsp3) is 0.391. The first-order valence-corrected chi connectivity index (χ1v) is 10.4. The van der Waals surface area contributed by atoms with Gasteiger partial charge in [-0.15, -0.1) is 0 Å². The van der Waals surface area contributed by atoms with Crippen LogP contribution in [0.25, 0.3) is 22.0 Å². The Morgan fingerprint density at radius 3 is 2.68 bits per heavy atom. The Labute approximate surface area is 179 Å². The lowest BCUT2D eigenvalue weighted by molar-refractivity contribution is -0.117. The smallest absolute Gasteiger partial charge is 0.258 e. The van der Waals surface area contributed by atoms with Crippen molar-refractivity contribution in [2.24, 2.45) is 13.0 Å². The molecule has 1 aliphatic carbocycles. The number of hydrogen-bond acceptors (Lipinski definition) is 5. The van der Waals surface area contributed by atoms with Crippen LogP contribution in [0.15, 0.2) is 35.4 Å². The third-order valence-electron chi connectivity index (χ3n) is 5.73. The van der Waals surface area contributed by atoms with Crippen molar-refractivity contribution >= 4 is 22.6 Å². The van der Waals surface area contributed by atoms with Gasteiger partial charge in [0, 0.05) is 42.0 Å². The van der Waals surface area contributed by atoms with Crippen molar-refractivity contribution < 1.29 is 14.3 Å². The topological polar surface area (TPSA) is 97.1 Å². The number of amides is 1. The van der Waals surface area contributed by atoms with Crippen molar-refractivity contribution in [1.29, 1.82) is 0 Å². The van der Waals surface area contributed by atoms with Crippen LogP contribution >= 0.6 is 0 Å². The average Bonchev–Trinajstić information content (AvgIpc) is 3.48. The van der Waals surface area contributed by atoms with Gasteiger partial charge in [-0.05, 0) is 37.5 Å². The number of pyridine rings is 3. The van der Waals surface area contributed by atoms with E-state index >= 15 is 0 Å². The number of carbonyl (C=O) groups is 1. The molecule has 3 aromatic rings. The summed E-state index contributed by atoms with van der Waals surface area (Å²) >= 11 is 0. The summed E-state index contributed by atoms with van der Waals surface area (Å²) in [5, 5.41) is 13.5. The molecule has 7 nitrogen and oxygen atoms in total. The van der Waals surface area contributed by atoms with Crippen molar-refractivity contribution in [2.45, 2.75) is 45.4 Å². The van der Waals surface area contributed by atoms with Crippen molar-refractivity contribution in [1.82, 2.24) is 14.5 Å². The van der Waals surface area contributed by atoms with E-state index in [0.29, 0.717) is 28.8 Å². The average molecular weight is 424 g/mol. The van der Waals surface area contributed by atoms with Crippen molar-refractivity contribution in [3.05, 3.63) is 52.2 Å². The third-order valence-corrected chi connectivity index (χ3v) is 5.73. The molecule has 0 aromatic carbocycles. The molecule has 162 valence electrons. The number of aliphatic hydroxyl groups excluding tert-OH is 1. The fourth-order valence-electron chi connectivity index (χ4n) is 3.74. The number of anilines is 1. The minimum atomic E-state index is -1.08. The minimum Gasteiger partial charge on any atom is -0.387 e. The molecule has 1 aliphatic rings. The van der Waals surface area contributed by atoms with Gasteiger partial charge in [0.2, 0.25) is 5.91 Å². The zero-order valence-corrected chi connectivity index (χ0v) is 17.7. The number of alkyl halides is 1. The molecule has 0 radical (unpaired) electrons. The van der Waals surface area contributed by atoms with Gasteiger partial charge in [-0.3, -0.25) is 14.6 Å². The minimum absolute atomic E-state index is 0.214. The molecule has 3 atom stereocenters. The largest absolute Gasteiger partial charge is 0.387 e. The number of aliphatic hydroxyl groups is 1. The van der Waals surface area contributed by atoms with Gasteiger partial charge in [-0.25, -0.2) is 9.37 Å². The highest BCUT2D eigenvalue weighted by molar-refractivity contribution is 5.95. The number of nitrogens with zero attached hydrogens (tertiary/aromatic N) is 3. The lowest BCUT2D eigenvalue weighted by atomic mass is 10.0. The van der Waals surface area contributed by atoms with Gasteiger partial charge in [0.1, 0.15) is 12.0 Å². The van der Waals surface area contributed by atoms with Crippen LogP contribution in [0.2, 0.25) is 0 Å². The first kappa shape index (κ1) is 21.1. The Morgan fingerprint density at radius 1 is 1.29 bits per heavy atom. The van der Waals surface area contributed by atoms with E-state index < -0.39 is 24.1 Å². The van der Waals surface area contributed by atoms with E-state index in [1.807, 2.05) is 19.9 Å². The van der Waals surface area contributed by atoms with Crippen LogP contribution in [-0.2, 0) is 11.8 Å². The Kier molecular flexibility index (Phi) is 5.58. The highest BCUT2D eigenvalue weighted by Crippen LogP contribution is 2.34. The number of aromatic nitrogens is 3. The van der Waals surface area contributed by atoms with Crippen molar-refractivity contribution in [3.63, 3.8) is 0 Å². The summed E-state index contributed by atoms with van der Waals surface area (Å²) in [6.45, 7) is 3.88. The van der Waals surface area contributed by atoms with Crippen LogP contribution in [0.4, 0.5) is 10.2 Å². The summed E-state index contributed by atoms with van der Waals surface area (Å²) in [5.74, 6) is -0.725. The monoisotopic (exact) mass is 424 g/mol. The number of nitrogens with one attached hydrogen (secondary N) is 1. The molecule has 0 bridgehead atoms. The number of hydrogen-bond donors (Lipinski definition) is 2. The zero-order valence-electron chi connectivity index (χ0n) is 17.7. The Balaban J connectivity index is 1.70. The maximum Gasteiger partial charge on any atom is 0.258 e. The second-order valence-corrected chi connectivity index (χ2v) is 8.13. The van der Waals surface area contributed by atoms with Gasteiger partial charge in [0.25, 0.3) is 5.56 Å². The number of aryl methyl sites for hydroxylation is 2. The molecule has 4 rings (SSSR count). The molecular weight excluding hydrogens is 399 g/mol. The van der Waals surface area contributed by atoms with E-state index in [-0.39, 0.29) is 17.8 Å². The molecule has 0 unspecified atom stereocenters. The normalized spacial score (nSPS) is 18.7. The van der Waals surface area contributed by atoms with Gasteiger partial charge < -0.3 is 15.0 Å². The van der Waals surface area contributed by atoms with E-state index in [2.05, 4.69) is 15.3 Å². The molecular formula is C23H25FN4O3. The lowest BCUT2D eigenvalue weighted by Crippen LogP contribution is -2.20. The van der Waals surface area contributed by atoms with Crippen LogP contribution < -0.4 is 10.9 Å². The molecule has 3 heterocycles. The molecule has 1 saturated carbocycles. The number of carbonyl (C=O) groups excluding carboxylic acids is 1. The molecule has 0 spiro atoms. The summed E-state index contributed by atoms with van der Waals surface area (Å²) < 4.78 is 14.6. The third kappa shape index (κ3) is 4.07. The maximum atomic E-state index is 13.1. The van der Waals surface area contributed by atoms with E-state index in [9.17, 15) is 19.1 Å². The Morgan fingerprint density at radius 2 is 2.03 bits per heavy atom. The molecule has 8 heteroatoms. The highest BCUT2D eigenvalue weighted by Gasteiger charge is 2.43. The van der Waals surface area contributed by atoms with E-state index in [1.165, 1.54) is 4.57 Å². The molecule has 0 aliphatic heterocycles. The summed E-state index contributed by atoms with van der Waals surface area (Å²) in [6, 6.07) is 5.18. The summed E-state index contributed by atoms with van der Waals surface area (Å²) in [6.07, 6.45) is 3.20. The van der Waals surface area contributed by atoms with Crippen molar-refractivity contribution in [3.8, 4) is 11.1 Å². The first-order valence-electron chi connectivity index (χ1n) is 10.4. The molecule has 31 heavy (non-hydrogen) atoms. The van der Waals surface area contributed by atoms with Gasteiger partial charge in [-0.2, -0.15) is 0 Å². The lowest BCUT2D eigenvalue weighted by Gasteiger charge is -2.14. The van der Waals surface area contributed by atoms with Crippen LogP contribution in [-0.4, -0.2) is 31.7 Å². The van der Waals surface area contributed by atoms with Gasteiger partial charge in [0.05, 0.1) is 23.2 Å². The van der Waals surface area contributed by atoms with Crippen LogP contribution in [0.1, 0.15) is 43.5 Å². The van der Waals surface area contributed by atoms with Gasteiger partial charge >= 0.3 is 0 Å². The first-order chi connectivity index (χ1) is 14.8. The zero-order chi connectivity index (χ0) is 22.3. The summed E-state index contributed by atoms with van der Waals surface area (Å²) in [5.41, 5.74) is 3.00. The van der Waals surface area contributed by atoms with E-state index in [0.717, 1.165) is 17.4 Å². The van der Waals surface area contributed by atoms with E-state index in [4.69, 9.17) is 0 Å². The SMILES string of the molecule is CCC[C@H](O)c1cc(C)c(-c2cc3cnc(NC(=O)[C@@H]4C[C@@H]4F)cc3n(C)c2=O)cn1. The van der Waals surface area contributed by atoms with Crippen LogP contribution in [0.5, 0.6) is 0 Å². The summed E-state index contributed by atoms with van der Waals surface area (Å²) in [7, 11) is 1.65. The predicted octanol–water partition coefficient (Wildman–Crippen LogP) is 3.43. The Bertz CT molecular complexity index is 1220. The van der Waals surface area contributed by atoms with Gasteiger partial charge in [0.15, 0.2) is 0 Å². The molecule has 0 saturated heterocycles. The molecule has 3 aromatic heterocycles. The van der Waals surface area contributed by atoms with Gasteiger partial charge in [-0.1, -0.05) is 13.3 Å². The second kappa shape index (κ2) is 8.19. The quantitative estimate of drug-likeness (QED) is 0.632.